The van der Waals surface area contributed by atoms with E-state index in [-0.39, 0.29) is 17.4 Å². The Hall–Kier alpha value is -1.35. The Morgan fingerprint density at radius 2 is 2.05 bits per heavy atom. The molecule has 1 aromatic carbocycles. The molecule has 2 aliphatic rings. The molecule has 3 nitrogen and oxygen atoms in total. The summed E-state index contributed by atoms with van der Waals surface area (Å²) < 4.78 is 0. The molecule has 19 heavy (non-hydrogen) atoms. The second-order valence-corrected chi connectivity index (χ2v) is 6.17. The lowest BCUT2D eigenvalue weighted by atomic mass is 9.81. The third-order valence-corrected chi connectivity index (χ3v) is 4.59. The van der Waals surface area contributed by atoms with Crippen LogP contribution in [0.3, 0.4) is 0 Å². The zero-order valence-corrected chi connectivity index (χ0v) is 11.6. The van der Waals surface area contributed by atoms with E-state index in [0.717, 1.165) is 12.2 Å². The summed E-state index contributed by atoms with van der Waals surface area (Å²) in [6.45, 7) is 2.75. The number of para-hydroxylation sites is 1. The molecule has 1 unspecified atom stereocenters. The summed E-state index contributed by atoms with van der Waals surface area (Å²) in [6.07, 6.45) is 5.43. The van der Waals surface area contributed by atoms with Crippen LogP contribution in [0.15, 0.2) is 24.3 Å². The standard InChI is InChI=1S/C16H22N2O/c1-12(17)10-15(19)18-11-16(8-4-5-9-16)13-6-2-3-7-14(13)18/h2-3,6-7,12H,4-5,8-11,17H2,1H3. The average molecular weight is 258 g/mol. The maximum absolute atomic E-state index is 12.4. The van der Waals surface area contributed by atoms with Gasteiger partial charge in [-0.1, -0.05) is 31.0 Å². The summed E-state index contributed by atoms with van der Waals surface area (Å²) in [5, 5.41) is 0. The van der Waals surface area contributed by atoms with Crippen molar-refractivity contribution in [2.24, 2.45) is 5.73 Å². The summed E-state index contributed by atoms with van der Waals surface area (Å²) in [6, 6.07) is 8.35. The lowest BCUT2D eigenvalue weighted by molar-refractivity contribution is -0.118. The first-order valence-corrected chi connectivity index (χ1v) is 7.28. The number of carbonyl (C=O) groups is 1. The SMILES string of the molecule is CC(N)CC(=O)N1CC2(CCCC2)c2ccccc21. The van der Waals surface area contributed by atoms with E-state index < -0.39 is 0 Å². The van der Waals surface area contributed by atoms with E-state index in [1.807, 2.05) is 17.9 Å². The monoisotopic (exact) mass is 258 g/mol. The molecular formula is C16H22N2O. The number of nitrogens with zero attached hydrogens (tertiary/aromatic N) is 1. The van der Waals surface area contributed by atoms with Crippen molar-refractivity contribution in [2.45, 2.75) is 50.5 Å². The van der Waals surface area contributed by atoms with Crippen molar-refractivity contribution in [3.05, 3.63) is 29.8 Å². The first-order valence-electron chi connectivity index (χ1n) is 7.28. The van der Waals surface area contributed by atoms with Crippen molar-refractivity contribution in [2.75, 3.05) is 11.4 Å². The Bertz CT molecular complexity index is 489. The smallest absolute Gasteiger partial charge is 0.228 e. The van der Waals surface area contributed by atoms with Crippen LogP contribution in [0.1, 0.15) is 44.6 Å². The molecule has 3 heteroatoms. The van der Waals surface area contributed by atoms with Crippen LogP contribution in [0.4, 0.5) is 5.69 Å². The summed E-state index contributed by atoms with van der Waals surface area (Å²) in [5.41, 5.74) is 8.51. The van der Waals surface area contributed by atoms with Gasteiger partial charge in [0.25, 0.3) is 0 Å². The van der Waals surface area contributed by atoms with E-state index in [4.69, 9.17) is 5.73 Å². The molecule has 1 aliphatic heterocycles. The fraction of sp³-hybridized carbons (Fsp3) is 0.562. The van der Waals surface area contributed by atoms with Gasteiger partial charge in [0.2, 0.25) is 5.91 Å². The van der Waals surface area contributed by atoms with Gasteiger partial charge in [0.15, 0.2) is 0 Å². The highest BCUT2D eigenvalue weighted by Gasteiger charge is 2.45. The summed E-state index contributed by atoms with van der Waals surface area (Å²) in [4.78, 5) is 14.4. The summed E-state index contributed by atoms with van der Waals surface area (Å²) >= 11 is 0. The fourth-order valence-electron chi connectivity index (χ4n) is 3.72. The molecule has 0 radical (unpaired) electrons. The van der Waals surface area contributed by atoms with Crippen molar-refractivity contribution in [1.29, 1.82) is 0 Å². The number of amides is 1. The molecule has 0 saturated heterocycles. The molecule has 1 spiro atoms. The average Bonchev–Trinajstić information content (AvgIpc) is 2.97. The Kier molecular flexibility index (Phi) is 3.09. The second kappa shape index (κ2) is 4.64. The van der Waals surface area contributed by atoms with Gasteiger partial charge >= 0.3 is 0 Å². The van der Waals surface area contributed by atoms with Crippen LogP contribution in [-0.4, -0.2) is 18.5 Å². The Balaban J connectivity index is 1.95. The van der Waals surface area contributed by atoms with E-state index in [9.17, 15) is 4.79 Å². The van der Waals surface area contributed by atoms with Gasteiger partial charge in [0.1, 0.15) is 0 Å². The van der Waals surface area contributed by atoms with Crippen LogP contribution in [0.5, 0.6) is 0 Å². The third kappa shape index (κ3) is 2.06. The number of hydrogen-bond donors (Lipinski definition) is 1. The predicted octanol–water partition coefficient (Wildman–Crippen LogP) is 2.58. The van der Waals surface area contributed by atoms with Crippen molar-refractivity contribution >= 4 is 11.6 Å². The largest absolute Gasteiger partial charge is 0.327 e. The maximum Gasteiger partial charge on any atom is 0.228 e. The van der Waals surface area contributed by atoms with Gasteiger partial charge in [0.05, 0.1) is 0 Å². The maximum atomic E-state index is 12.4. The highest BCUT2D eigenvalue weighted by Crippen LogP contribution is 2.50. The molecule has 0 bridgehead atoms. The number of anilines is 1. The number of nitrogens with two attached hydrogens (primary N) is 1. The predicted molar refractivity (Wildman–Crippen MR) is 77.2 cm³/mol. The zero-order valence-electron chi connectivity index (χ0n) is 11.6. The Morgan fingerprint density at radius 3 is 2.74 bits per heavy atom. The van der Waals surface area contributed by atoms with E-state index in [1.54, 1.807) is 0 Å². The fourth-order valence-corrected chi connectivity index (χ4v) is 3.72. The van der Waals surface area contributed by atoms with Crippen LogP contribution in [-0.2, 0) is 10.2 Å². The minimum absolute atomic E-state index is 0.0696. The van der Waals surface area contributed by atoms with Crippen LogP contribution in [0, 0.1) is 0 Å². The van der Waals surface area contributed by atoms with E-state index in [2.05, 4.69) is 18.2 Å². The third-order valence-electron chi connectivity index (χ3n) is 4.59. The molecule has 2 N–H and O–H groups in total. The first kappa shape index (κ1) is 12.7. The number of rotatable bonds is 2. The molecule has 1 atom stereocenters. The van der Waals surface area contributed by atoms with E-state index in [0.29, 0.717) is 6.42 Å². The van der Waals surface area contributed by atoms with Gasteiger partial charge in [-0.2, -0.15) is 0 Å². The van der Waals surface area contributed by atoms with E-state index >= 15 is 0 Å². The summed E-state index contributed by atoms with van der Waals surface area (Å²) in [7, 11) is 0. The molecule has 1 fully saturated rings. The van der Waals surface area contributed by atoms with Crippen LogP contribution < -0.4 is 10.6 Å². The minimum atomic E-state index is -0.0696. The molecule has 3 rings (SSSR count). The number of benzene rings is 1. The summed E-state index contributed by atoms with van der Waals surface area (Å²) in [5.74, 6) is 0.172. The van der Waals surface area contributed by atoms with Crippen molar-refractivity contribution in [3.8, 4) is 0 Å². The zero-order chi connectivity index (χ0) is 13.5. The number of carbonyl (C=O) groups excluding carboxylic acids is 1. The number of fused-ring (bicyclic) bond motifs is 2. The quantitative estimate of drug-likeness (QED) is 0.886. The van der Waals surface area contributed by atoms with Crippen molar-refractivity contribution in [3.63, 3.8) is 0 Å². The van der Waals surface area contributed by atoms with Crippen molar-refractivity contribution in [1.82, 2.24) is 0 Å². The Labute approximate surface area is 114 Å². The topological polar surface area (TPSA) is 46.3 Å². The molecule has 1 saturated carbocycles. The van der Waals surface area contributed by atoms with Crippen LogP contribution >= 0.6 is 0 Å². The van der Waals surface area contributed by atoms with Gasteiger partial charge in [0, 0.05) is 30.1 Å². The molecule has 1 heterocycles. The van der Waals surface area contributed by atoms with Gasteiger partial charge in [-0.3, -0.25) is 4.79 Å². The molecule has 0 aromatic heterocycles. The Morgan fingerprint density at radius 1 is 1.37 bits per heavy atom. The molecule has 102 valence electrons. The molecule has 1 aromatic rings. The molecule has 1 amide bonds. The second-order valence-electron chi connectivity index (χ2n) is 6.17. The molecule has 1 aliphatic carbocycles. The minimum Gasteiger partial charge on any atom is -0.327 e. The normalized spacial score (nSPS) is 21.7. The van der Waals surface area contributed by atoms with Crippen molar-refractivity contribution < 1.29 is 4.79 Å². The number of hydrogen-bond acceptors (Lipinski definition) is 2. The van der Waals surface area contributed by atoms with Gasteiger partial charge < -0.3 is 10.6 Å². The lowest BCUT2D eigenvalue weighted by Crippen LogP contribution is -2.37. The van der Waals surface area contributed by atoms with Gasteiger partial charge in [-0.15, -0.1) is 0 Å². The van der Waals surface area contributed by atoms with Gasteiger partial charge in [-0.05, 0) is 31.4 Å². The van der Waals surface area contributed by atoms with E-state index in [1.165, 1.54) is 31.2 Å². The highest BCUT2D eigenvalue weighted by atomic mass is 16.2. The molecular weight excluding hydrogens is 236 g/mol. The first-order chi connectivity index (χ1) is 9.12. The van der Waals surface area contributed by atoms with Crippen LogP contribution in [0.25, 0.3) is 0 Å². The van der Waals surface area contributed by atoms with Gasteiger partial charge in [-0.25, -0.2) is 0 Å². The highest BCUT2D eigenvalue weighted by molar-refractivity contribution is 5.96. The lowest BCUT2D eigenvalue weighted by Gasteiger charge is -2.25. The van der Waals surface area contributed by atoms with Crippen LogP contribution in [0.2, 0.25) is 0 Å².